The number of rotatable bonds is 2. The average Bonchev–Trinajstić information content (AvgIpc) is 2.38. The molecule has 0 saturated heterocycles. The molecule has 5 heteroatoms. The minimum absolute atomic E-state index is 0.196. The summed E-state index contributed by atoms with van der Waals surface area (Å²) < 4.78 is 13.6. The SMILES string of the molecule is CN(C(=O)c1ccc(Cl)cc1N)c1ccccc1F. The minimum atomic E-state index is -0.467. The molecule has 0 atom stereocenters. The van der Waals surface area contributed by atoms with Crippen molar-refractivity contribution in [3.8, 4) is 0 Å². The molecule has 2 rings (SSSR count). The fraction of sp³-hybridized carbons (Fsp3) is 0.0714. The molecule has 2 aromatic rings. The molecule has 0 saturated carbocycles. The van der Waals surface area contributed by atoms with E-state index in [1.807, 2.05) is 0 Å². The summed E-state index contributed by atoms with van der Waals surface area (Å²) in [5.41, 5.74) is 6.50. The Morgan fingerprint density at radius 3 is 2.58 bits per heavy atom. The van der Waals surface area contributed by atoms with Crippen LogP contribution in [-0.2, 0) is 0 Å². The van der Waals surface area contributed by atoms with Gasteiger partial charge in [0.05, 0.1) is 11.3 Å². The van der Waals surface area contributed by atoms with Gasteiger partial charge in [0.25, 0.3) is 5.91 Å². The van der Waals surface area contributed by atoms with Crippen molar-refractivity contribution in [1.29, 1.82) is 0 Å². The Labute approximate surface area is 115 Å². The van der Waals surface area contributed by atoms with E-state index in [9.17, 15) is 9.18 Å². The highest BCUT2D eigenvalue weighted by Gasteiger charge is 2.18. The monoisotopic (exact) mass is 278 g/mol. The molecule has 3 nitrogen and oxygen atoms in total. The molecule has 1 amide bonds. The summed E-state index contributed by atoms with van der Waals surface area (Å²) in [5.74, 6) is -0.856. The first-order valence-corrected chi connectivity index (χ1v) is 5.96. The first kappa shape index (κ1) is 13.4. The van der Waals surface area contributed by atoms with Crippen molar-refractivity contribution in [3.63, 3.8) is 0 Å². The van der Waals surface area contributed by atoms with Crippen molar-refractivity contribution in [2.75, 3.05) is 17.7 Å². The van der Waals surface area contributed by atoms with E-state index in [4.69, 9.17) is 17.3 Å². The van der Waals surface area contributed by atoms with Crippen molar-refractivity contribution in [2.24, 2.45) is 0 Å². The number of hydrogen-bond donors (Lipinski definition) is 1. The van der Waals surface area contributed by atoms with Crippen molar-refractivity contribution < 1.29 is 9.18 Å². The number of halogens is 2. The summed E-state index contributed by atoms with van der Waals surface area (Å²) in [5, 5.41) is 0.447. The van der Waals surface area contributed by atoms with E-state index in [0.29, 0.717) is 5.02 Å². The number of carbonyl (C=O) groups excluding carboxylic acids is 1. The molecular formula is C14H12ClFN2O. The van der Waals surface area contributed by atoms with Crippen LogP contribution in [0.2, 0.25) is 5.02 Å². The quantitative estimate of drug-likeness (QED) is 0.857. The Hall–Kier alpha value is -2.07. The molecule has 19 heavy (non-hydrogen) atoms. The molecule has 0 aliphatic rings. The lowest BCUT2D eigenvalue weighted by Crippen LogP contribution is -2.27. The molecule has 0 spiro atoms. The van der Waals surface area contributed by atoms with Crippen LogP contribution in [0.3, 0.4) is 0 Å². The van der Waals surface area contributed by atoms with Gasteiger partial charge in [0.1, 0.15) is 5.82 Å². The van der Waals surface area contributed by atoms with Crippen LogP contribution in [0.5, 0.6) is 0 Å². The molecule has 0 aliphatic carbocycles. The van der Waals surface area contributed by atoms with Crippen LogP contribution >= 0.6 is 11.6 Å². The lowest BCUT2D eigenvalue weighted by atomic mass is 10.1. The topological polar surface area (TPSA) is 46.3 Å². The Bertz CT molecular complexity index is 631. The van der Waals surface area contributed by atoms with Gasteiger partial charge in [-0.05, 0) is 30.3 Å². The van der Waals surface area contributed by atoms with E-state index >= 15 is 0 Å². The number of benzene rings is 2. The van der Waals surface area contributed by atoms with Crippen LogP contribution in [0, 0.1) is 5.82 Å². The molecule has 0 bridgehead atoms. The second-order valence-electron chi connectivity index (χ2n) is 4.05. The highest BCUT2D eigenvalue weighted by molar-refractivity contribution is 6.31. The van der Waals surface area contributed by atoms with Crippen LogP contribution in [0.4, 0.5) is 15.8 Å². The molecular weight excluding hydrogens is 267 g/mol. The number of carbonyl (C=O) groups is 1. The maximum atomic E-state index is 13.6. The van der Waals surface area contributed by atoms with Crippen molar-refractivity contribution in [3.05, 3.63) is 58.9 Å². The molecule has 0 aliphatic heterocycles. The van der Waals surface area contributed by atoms with Crippen molar-refractivity contribution in [1.82, 2.24) is 0 Å². The van der Waals surface area contributed by atoms with Gasteiger partial charge in [-0.15, -0.1) is 0 Å². The number of nitrogens with two attached hydrogens (primary N) is 1. The molecule has 0 fully saturated rings. The summed E-state index contributed by atoms with van der Waals surface area (Å²) >= 11 is 5.78. The van der Waals surface area contributed by atoms with Crippen LogP contribution in [0.25, 0.3) is 0 Å². The number of nitrogen functional groups attached to an aromatic ring is 1. The number of amides is 1. The van der Waals surface area contributed by atoms with Gasteiger partial charge in [0, 0.05) is 17.8 Å². The fourth-order valence-electron chi connectivity index (χ4n) is 1.74. The zero-order chi connectivity index (χ0) is 14.0. The van der Waals surface area contributed by atoms with Crippen LogP contribution in [0.15, 0.2) is 42.5 Å². The van der Waals surface area contributed by atoms with E-state index < -0.39 is 5.82 Å². The Morgan fingerprint density at radius 1 is 1.26 bits per heavy atom. The highest BCUT2D eigenvalue weighted by Crippen LogP contribution is 2.23. The normalized spacial score (nSPS) is 10.3. The maximum absolute atomic E-state index is 13.6. The van der Waals surface area contributed by atoms with E-state index in [-0.39, 0.29) is 22.8 Å². The van der Waals surface area contributed by atoms with Gasteiger partial charge in [0.2, 0.25) is 0 Å². The number of anilines is 2. The highest BCUT2D eigenvalue weighted by atomic mass is 35.5. The third kappa shape index (κ3) is 2.69. The van der Waals surface area contributed by atoms with Crippen molar-refractivity contribution in [2.45, 2.75) is 0 Å². The van der Waals surface area contributed by atoms with Gasteiger partial charge in [-0.3, -0.25) is 4.79 Å². The van der Waals surface area contributed by atoms with Crippen LogP contribution in [0.1, 0.15) is 10.4 Å². The van der Waals surface area contributed by atoms with Crippen LogP contribution in [-0.4, -0.2) is 13.0 Å². The van der Waals surface area contributed by atoms with Gasteiger partial charge < -0.3 is 10.6 Å². The van der Waals surface area contributed by atoms with E-state index in [1.165, 1.54) is 36.2 Å². The van der Waals surface area contributed by atoms with Crippen LogP contribution < -0.4 is 10.6 Å². The Morgan fingerprint density at radius 2 is 1.95 bits per heavy atom. The smallest absolute Gasteiger partial charge is 0.260 e. The lowest BCUT2D eigenvalue weighted by molar-refractivity contribution is 0.0993. The zero-order valence-corrected chi connectivity index (χ0v) is 11.0. The largest absolute Gasteiger partial charge is 0.398 e. The van der Waals surface area contributed by atoms with Gasteiger partial charge in [-0.2, -0.15) is 0 Å². The predicted molar refractivity (Wildman–Crippen MR) is 75.0 cm³/mol. The molecule has 0 radical (unpaired) electrons. The number of hydrogen-bond acceptors (Lipinski definition) is 2. The second-order valence-corrected chi connectivity index (χ2v) is 4.48. The van der Waals surface area contributed by atoms with Gasteiger partial charge in [-0.1, -0.05) is 23.7 Å². The summed E-state index contributed by atoms with van der Waals surface area (Å²) in [6.07, 6.45) is 0. The molecule has 0 aromatic heterocycles. The summed E-state index contributed by atoms with van der Waals surface area (Å²) in [6, 6.07) is 10.6. The molecule has 2 aromatic carbocycles. The molecule has 98 valence electrons. The second kappa shape index (κ2) is 5.28. The van der Waals surface area contributed by atoms with Crippen molar-refractivity contribution >= 4 is 28.9 Å². The molecule has 2 N–H and O–H groups in total. The third-order valence-corrected chi connectivity index (χ3v) is 3.00. The van der Waals surface area contributed by atoms with Gasteiger partial charge in [0.15, 0.2) is 0 Å². The first-order valence-electron chi connectivity index (χ1n) is 5.58. The van der Waals surface area contributed by atoms with E-state index in [2.05, 4.69) is 0 Å². The Balaban J connectivity index is 2.37. The summed E-state index contributed by atoms with van der Waals surface area (Å²) in [7, 11) is 1.49. The number of nitrogens with zero attached hydrogens (tertiary/aromatic N) is 1. The van der Waals surface area contributed by atoms with Gasteiger partial charge in [-0.25, -0.2) is 4.39 Å². The van der Waals surface area contributed by atoms with E-state index in [1.54, 1.807) is 18.2 Å². The predicted octanol–water partition coefficient (Wildman–Crippen LogP) is 3.34. The average molecular weight is 279 g/mol. The number of para-hydroxylation sites is 1. The minimum Gasteiger partial charge on any atom is -0.398 e. The summed E-state index contributed by atoms with van der Waals surface area (Å²) in [6.45, 7) is 0. The fourth-order valence-corrected chi connectivity index (χ4v) is 1.92. The third-order valence-electron chi connectivity index (χ3n) is 2.76. The molecule has 0 unspecified atom stereocenters. The van der Waals surface area contributed by atoms with Gasteiger partial charge >= 0.3 is 0 Å². The maximum Gasteiger partial charge on any atom is 0.260 e. The van der Waals surface area contributed by atoms with E-state index in [0.717, 1.165) is 0 Å². The zero-order valence-electron chi connectivity index (χ0n) is 10.2. The molecule has 0 heterocycles. The summed E-state index contributed by atoms with van der Waals surface area (Å²) in [4.78, 5) is 13.5. The first-order chi connectivity index (χ1) is 9.00. The lowest BCUT2D eigenvalue weighted by Gasteiger charge is -2.19. The standard InChI is InChI=1S/C14H12ClFN2O/c1-18(13-5-3-2-4-11(13)16)14(19)10-7-6-9(15)8-12(10)17/h2-8H,17H2,1H3. The Kier molecular flexibility index (Phi) is 3.71.